The van der Waals surface area contributed by atoms with Crippen molar-refractivity contribution in [3.05, 3.63) is 212 Å². The predicted octanol–water partition coefficient (Wildman–Crippen LogP) is 15.9. The predicted molar refractivity (Wildman–Crippen MR) is 243 cm³/mol. The van der Waals surface area contributed by atoms with Crippen LogP contribution in [0.25, 0.3) is 74.7 Å². The Labute approximate surface area is 330 Å². The van der Waals surface area contributed by atoms with Crippen molar-refractivity contribution in [2.75, 3.05) is 4.90 Å². The summed E-state index contributed by atoms with van der Waals surface area (Å²) in [7, 11) is 0. The van der Waals surface area contributed by atoms with E-state index in [1.165, 1.54) is 80.3 Å². The van der Waals surface area contributed by atoms with Crippen LogP contribution >= 0.6 is 11.3 Å². The highest BCUT2D eigenvalue weighted by molar-refractivity contribution is 7.25. The van der Waals surface area contributed by atoms with Gasteiger partial charge in [0.05, 0.1) is 0 Å². The first kappa shape index (κ1) is 32.7. The molecule has 0 spiro atoms. The van der Waals surface area contributed by atoms with Gasteiger partial charge in [-0.3, -0.25) is 0 Å². The summed E-state index contributed by atoms with van der Waals surface area (Å²) in [6.45, 7) is 0. The summed E-state index contributed by atoms with van der Waals surface area (Å²) in [5, 5.41) is 10.3. The third kappa shape index (κ3) is 5.61. The third-order valence-electron chi connectivity index (χ3n) is 11.5. The van der Waals surface area contributed by atoms with Gasteiger partial charge in [-0.05, 0) is 121 Å². The maximum Gasteiger partial charge on any atom is 0.0470 e. The number of nitrogens with zero attached hydrogens (tertiary/aromatic N) is 1. The Kier molecular flexibility index (Phi) is 7.89. The Morgan fingerprint density at radius 1 is 0.375 bits per heavy atom. The second kappa shape index (κ2) is 13.5. The molecule has 1 nitrogen and oxygen atoms in total. The molecule has 0 radical (unpaired) electrons. The zero-order valence-electron chi connectivity index (χ0n) is 30.8. The second-order valence-electron chi connectivity index (χ2n) is 14.8. The van der Waals surface area contributed by atoms with E-state index in [0.717, 1.165) is 23.5 Å². The van der Waals surface area contributed by atoms with Gasteiger partial charge in [-0.1, -0.05) is 152 Å². The monoisotopic (exact) mass is 731 g/mol. The number of benzene rings is 9. The minimum Gasteiger partial charge on any atom is -0.310 e. The Hall–Kier alpha value is -6.74. The number of allylic oxidation sites excluding steroid dienone is 4. The van der Waals surface area contributed by atoms with Crippen molar-refractivity contribution in [1.29, 1.82) is 0 Å². The number of anilines is 3. The van der Waals surface area contributed by atoms with Gasteiger partial charge < -0.3 is 4.90 Å². The fourth-order valence-electron chi connectivity index (χ4n) is 8.79. The highest BCUT2D eigenvalue weighted by Crippen LogP contribution is 2.44. The molecule has 0 fully saturated rings. The number of rotatable bonds is 6. The maximum absolute atomic E-state index is 2.46. The van der Waals surface area contributed by atoms with Crippen LogP contribution in [0.1, 0.15) is 17.9 Å². The van der Waals surface area contributed by atoms with Crippen LogP contribution in [0.3, 0.4) is 0 Å². The third-order valence-corrected chi connectivity index (χ3v) is 12.7. The summed E-state index contributed by atoms with van der Waals surface area (Å²) in [5.41, 5.74) is 9.59. The topological polar surface area (TPSA) is 3.24 Å². The van der Waals surface area contributed by atoms with Crippen LogP contribution in [-0.4, -0.2) is 0 Å². The van der Waals surface area contributed by atoms with E-state index in [-0.39, 0.29) is 0 Å². The molecule has 0 amide bonds. The molecule has 0 saturated heterocycles. The first-order chi connectivity index (χ1) is 27.7. The molecule has 264 valence electrons. The Balaban J connectivity index is 1.12. The molecule has 1 aromatic heterocycles. The fourth-order valence-corrected chi connectivity index (χ4v) is 9.88. The molecule has 1 aliphatic carbocycles. The van der Waals surface area contributed by atoms with Crippen molar-refractivity contribution in [3.63, 3.8) is 0 Å². The first-order valence-electron chi connectivity index (χ1n) is 19.4. The van der Waals surface area contributed by atoms with Crippen LogP contribution in [0, 0.1) is 0 Å². The molecule has 0 bridgehead atoms. The average Bonchev–Trinajstić information content (AvgIpc) is 3.65. The Morgan fingerprint density at radius 2 is 0.982 bits per heavy atom. The maximum atomic E-state index is 2.46. The summed E-state index contributed by atoms with van der Waals surface area (Å²) >= 11 is 1.87. The normalized spacial score (nSPS) is 14.0. The van der Waals surface area contributed by atoms with Gasteiger partial charge in [0.2, 0.25) is 0 Å². The quantitative estimate of drug-likeness (QED) is 0.154. The molecule has 11 rings (SSSR count). The minimum absolute atomic E-state index is 0.307. The zero-order valence-corrected chi connectivity index (χ0v) is 31.6. The lowest BCUT2D eigenvalue weighted by Gasteiger charge is -2.28. The molecule has 1 unspecified atom stereocenters. The molecular formula is C54H37NS. The van der Waals surface area contributed by atoms with Crippen LogP contribution in [0.4, 0.5) is 17.1 Å². The molecule has 2 heteroatoms. The lowest BCUT2D eigenvalue weighted by atomic mass is 9.89. The van der Waals surface area contributed by atoms with Crippen molar-refractivity contribution in [1.82, 2.24) is 0 Å². The van der Waals surface area contributed by atoms with Crippen molar-refractivity contribution >= 4 is 80.9 Å². The van der Waals surface area contributed by atoms with Crippen LogP contribution < -0.4 is 4.90 Å². The lowest BCUT2D eigenvalue weighted by molar-refractivity contribution is 0.854. The van der Waals surface area contributed by atoms with Gasteiger partial charge in [0.1, 0.15) is 0 Å². The number of thiophene rings is 1. The fraction of sp³-hybridized carbons (Fsp3) is 0.0370. The van der Waals surface area contributed by atoms with Gasteiger partial charge in [-0.2, -0.15) is 0 Å². The summed E-state index contributed by atoms with van der Waals surface area (Å²) < 4.78 is 2.66. The summed E-state index contributed by atoms with van der Waals surface area (Å²) in [6.07, 6.45) is 9.96. The Morgan fingerprint density at radius 3 is 1.71 bits per heavy atom. The van der Waals surface area contributed by atoms with E-state index in [4.69, 9.17) is 0 Å². The van der Waals surface area contributed by atoms with E-state index in [2.05, 4.69) is 211 Å². The van der Waals surface area contributed by atoms with Crippen molar-refractivity contribution < 1.29 is 0 Å². The number of hydrogen-bond donors (Lipinski definition) is 0. The van der Waals surface area contributed by atoms with E-state index in [1.54, 1.807) is 0 Å². The highest BCUT2D eigenvalue weighted by atomic mass is 32.1. The standard InChI is InChI=1S/C54H37NS/c1-3-13-36(14-4-1)40-31-41(37-15-5-2-6-16-37)33-44(32-40)55(43-28-29-49-47-19-8-7-17-45(47)46-18-9-10-20-48(46)51(49)35-43)42-26-23-38(24-27-42)39-25-30-54-52(34-39)50-21-11-12-22-53(50)56-54/h1-15,17-35,37H,16H2. The van der Waals surface area contributed by atoms with Gasteiger partial charge in [-0.15, -0.1) is 11.3 Å². The van der Waals surface area contributed by atoms with Gasteiger partial charge in [-0.25, -0.2) is 0 Å². The lowest BCUT2D eigenvalue weighted by Crippen LogP contribution is -2.11. The van der Waals surface area contributed by atoms with Gasteiger partial charge in [0.15, 0.2) is 0 Å². The van der Waals surface area contributed by atoms with E-state index < -0.39 is 0 Å². The van der Waals surface area contributed by atoms with Crippen molar-refractivity contribution in [2.45, 2.75) is 12.3 Å². The van der Waals surface area contributed by atoms with E-state index in [0.29, 0.717) is 5.92 Å². The largest absolute Gasteiger partial charge is 0.310 e. The first-order valence-corrected chi connectivity index (χ1v) is 20.3. The second-order valence-corrected chi connectivity index (χ2v) is 15.9. The molecule has 0 saturated carbocycles. The average molecular weight is 732 g/mol. The molecular weight excluding hydrogens is 695 g/mol. The van der Waals surface area contributed by atoms with E-state index in [1.807, 2.05) is 11.3 Å². The summed E-state index contributed by atoms with van der Waals surface area (Å²) in [6, 6.07) is 67.5. The van der Waals surface area contributed by atoms with E-state index in [9.17, 15) is 0 Å². The number of hydrogen-bond acceptors (Lipinski definition) is 2. The van der Waals surface area contributed by atoms with Crippen molar-refractivity contribution in [3.8, 4) is 22.3 Å². The molecule has 1 heterocycles. The Bertz CT molecular complexity index is 3130. The van der Waals surface area contributed by atoms with Gasteiger partial charge in [0.25, 0.3) is 0 Å². The van der Waals surface area contributed by atoms with E-state index >= 15 is 0 Å². The smallest absolute Gasteiger partial charge is 0.0470 e. The molecule has 0 N–H and O–H groups in total. The summed E-state index contributed by atoms with van der Waals surface area (Å²) in [4.78, 5) is 2.46. The molecule has 1 atom stereocenters. The van der Waals surface area contributed by atoms with Gasteiger partial charge in [0, 0.05) is 43.2 Å². The van der Waals surface area contributed by atoms with Crippen LogP contribution in [0.2, 0.25) is 0 Å². The van der Waals surface area contributed by atoms with Crippen molar-refractivity contribution in [2.24, 2.45) is 0 Å². The highest BCUT2D eigenvalue weighted by Gasteiger charge is 2.20. The SMILES string of the molecule is C1=CCC(c2cc(-c3ccccc3)cc(N(c3ccc(-c4ccc5sc6ccccc6c5c4)cc3)c3ccc4c5ccccc5c5ccccc5c4c3)c2)C=C1. The van der Waals surface area contributed by atoms with Crippen LogP contribution in [0.15, 0.2) is 206 Å². The minimum atomic E-state index is 0.307. The molecule has 1 aliphatic rings. The van der Waals surface area contributed by atoms with Gasteiger partial charge >= 0.3 is 0 Å². The number of fused-ring (bicyclic) bond motifs is 9. The summed E-state index contributed by atoms with van der Waals surface area (Å²) in [5.74, 6) is 0.307. The zero-order chi connectivity index (χ0) is 37.0. The molecule has 56 heavy (non-hydrogen) atoms. The molecule has 0 aliphatic heterocycles. The molecule has 10 aromatic rings. The van der Waals surface area contributed by atoms with Crippen LogP contribution in [-0.2, 0) is 0 Å². The molecule has 9 aromatic carbocycles. The van der Waals surface area contributed by atoms with Crippen LogP contribution in [0.5, 0.6) is 0 Å².